The van der Waals surface area contributed by atoms with E-state index in [9.17, 15) is 4.79 Å². The van der Waals surface area contributed by atoms with Crippen molar-refractivity contribution in [2.45, 2.75) is 33.0 Å². The molecule has 1 aromatic carbocycles. The minimum absolute atomic E-state index is 0.179. The molecule has 1 fully saturated rings. The number of H-pyrrole nitrogens is 1. The molecule has 0 radical (unpaired) electrons. The molecule has 124 valence electrons. The summed E-state index contributed by atoms with van der Waals surface area (Å²) in [6, 6.07) is 5.80. The molecule has 2 N–H and O–H groups in total. The maximum Gasteiger partial charge on any atom is 0.219 e. The Balaban J connectivity index is 1.87. The first kappa shape index (κ1) is 16.0. The summed E-state index contributed by atoms with van der Waals surface area (Å²) in [7, 11) is 1.64. The van der Waals surface area contributed by atoms with E-state index < -0.39 is 0 Å². The smallest absolute Gasteiger partial charge is 0.219 e. The van der Waals surface area contributed by atoms with Crippen LogP contribution in [0.2, 0.25) is 0 Å². The first-order valence-electron chi connectivity index (χ1n) is 8.16. The molecular weight excluding hydrogens is 292 g/mol. The molecule has 2 heterocycles. The number of nitrogens with one attached hydrogen (secondary N) is 2. The Morgan fingerprint density at radius 3 is 2.70 bits per heavy atom. The summed E-state index contributed by atoms with van der Waals surface area (Å²) >= 11 is 0. The van der Waals surface area contributed by atoms with E-state index in [0.717, 1.165) is 41.0 Å². The minimum Gasteiger partial charge on any atom is -0.497 e. The molecule has 1 aromatic heterocycles. The number of ketones is 1. The largest absolute Gasteiger partial charge is 0.497 e. The van der Waals surface area contributed by atoms with E-state index >= 15 is 0 Å². The average Bonchev–Trinajstić information content (AvgIpc) is 2.80. The second-order valence-corrected chi connectivity index (χ2v) is 6.55. The number of hydrogen-bond acceptors (Lipinski definition) is 3. The molecule has 23 heavy (non-hydrogen) atoms. The van der Waals surface area contributed by atoms with Crippen molar-refractivity contribution in [3.8, 4) is 5.75 Å². The number of aromatic nitrogens is 1. The summed E-state index contributed by atoms with van der Waals surface area (Å²) in [6.45, 7) is 8.36. The molecule has 5 nitrogen and oxygen atoms in total. The summed E-state index contributed by atoms with van der Waals surface area (Å²) in [5.74, 6) is 0.949. The number of fused-ring (bicyclic) bond motifs is 1. The van der Waals surface area contributed by atoms with Crippen molar-refractivity contribution in [3.63, 3.8) is 0 Å². The van der Waals surface area contributed by atoms with Gasteiger partial charge in [-0.1, -0.05) is 0 Å². The number of rotatable bonds is 4. The van der Waals surface area contributed by atoms with Crippen LogP contribution in [0, 0.1) is 6.92 Å². The lowest BCUT2D eigenvalue weighted by Crippen LogP contribution is -3.16. The van der Waals surface area contributed by atoms with Gasteiger partial charge in [0.05, 0.1) is 12.7 Å². The fourth-order valence-corrected chi connectivity index (χ4v) is 3.64. The summed E-state index contributed by atoms with van der Waals surface area (Å²) in [5, 5.41) is 0.945. The number of ether oxygens (including phenoxy) is 2. The van der Waals surface area contributed by atoms with Gasteiger partial charge in [-0.15, -0.1) is 0 Å². The quantitative estimate of drug-likeness (QED) is 0.837. The second-order valence-electron chi connectivity index (χ2n) is 6.55. The molecule has 0 spiro atoms. The number of morpholine rings is 1. The fraction of sp³-hybridized carbons (Fsp3) is 0.500. The average molecular weight is 317 g/mol. The molecule has 0 aliphatic carbocycles. The number of carbonyl (C=O) groups is 1. The fourth-order valence-electron chi connectivity index (χ4n) is 3.64. The Labute approximate surface area is 136 Å². The van der Waals surface area contributed by atoms with Gasteiger partial charge in [0.25, 0.3) is 0 Å². The van der Waals surface area contributed by atoms with E-state index in [1.807, 2.05) is 25.1 Å². The molecule has 0 saturated carbocycles. The van der Waals surface area contributed by atoms with Crippen molar-refractivity contribution in [1.82, 2.24) is 4.98 Å². The molecule has 1 aliphatic heterocycles. The number of benzene rings is 1. The van der Waals surface area contributed by atoms with Gasteiger partial charge in [-0.2, -0.15) is 0 Å². The normalized spacial score (nSPS) is 24.8. The van der Waals surface area contributed by atoms with Crippen molar-refractivity contribution in [2.24, 2.45) is 0 Å². The monoisotopic (exact) mass is 317 g/mol. The van der Waals surface area contributed by atoms with Crippen LogP contribution in [0.25, 0.3) is 10.9 Å². The van der Waals surface area contributed by atoms with Crippen LogP contribution in [0.3, 0.4) is 0 Å². The maximum atomic E-state index is 12.9. The van der Waals surface area contributed by atoms with E-state index in [0.29, 0.717) is 6.54 Å². The van der Waals surface area contributed by atoms with Gasteiger partial charge in [0, 0.05) is 16.6 Å². The van der Waals surface area contributed by atoms with Crippen molar-refractivity contribution in [3.05, 3.63) is 29.5 Å². The lowest BCUT2D eigenvalue weighted by Gasteiger charge is -2.31. The van der Waals surface area contributed by atoms with E-state index in [2.05, 4.69) is 18.8 Å². The Morgan fingerprint density at radius 1 is 1.35 bits per heavy atom. The summed E-state index contributed by atoms with van der Waals surface area (Å²) in [4.78, 5) is 17.5. The third kappa shape index (κ3) is 3.26. The van der Waals surface area contributed by atoms with Crippen molar-refractivity contribution >= 4 is 16.7 Å². The number of quaternary nitrogens is 1. The van der Waals surface area contributed by atoms with E-state index in [1.54, 1.807) is 7.11 Å². The van der Waals surface area contributed by atoms with Crippen LogP contribution in [0.1, 0.15) is 29.9 Å². The van der Waals surface area contributed by atoms with Crippen LogP contribution in [0.4, 0.5) is 0 Å². The second kappa shape index (κ2) is 6.34. The Hall–Kier alpha value is -1.85. The first-order chi connectivity index (χ1) is 11.0. The standard InChI is InChI=1S/C18H24N2O3/c1-11-8-20(9-12(2)23-11)10-17(21)18-13(3)19-16-6-5-14(22-4)7-15(16)18/h5-7,11-12,19H,8-10H2,1-4H3/p+1/t11-,12-/m1/s1. The molecule has 0 bridgehead atoms. The predicted octanol–water partition coefficient (Wildman–Crippen LogP) is 1.36. The van der Waals surface area contributed by atoms with Crippen LogP contribution in [0.15, 0.2) is 18.2 Å². The summed E-state index contributed by atoms with van der Waals surface area (Å²) in [5.41, 5.74) is 2.69. The number of aromatic amines is 1. The highest BCUT2D eigenvalue weighted by Gasteiger charge is 2.29. The number of hydrogen-bond donors (Lipinski definition) is 2. The van der Waals surface area contributed by atoms with Gasteiger partial charge in [-0.05, 0) is 39.0 Å². The zero-order valence-corrected chi connectivity index (χ0v) is 14.2. The van der Waals surface area contributed by atoms with Gasteiger partial charge in [-0.3, -0.25) is 4.79 Å². The Kier molecular flexibility index (Phi) is 4.41. The first-order valence-corrected chi connectivity index (χ1v) is 8.16. The molecule has 1 saturated heterocycles. The van der Waals surface area contributed by atoms with Gasteiger partial charge >= 0.3 is 0 Å². The topological polar surface area (TPSA) is 55.8 Å². The van der Waals surface area contributed by atoms with Crippen LogP contribution in [-0.2, 0) is 4.74 Å². The highest BCUT2D eigenvalue weighted by molar-refractivity contribution is 6.10. The molecule has 2 atom stereocenters. The van der Waals surface area contributed by atoms with Gasteiger partial charge in [0.1, 0.15) is 37.6 Å². The lowest BCUT2D eigenvalue weighted by atomic mass is 10.1. The highest BCUT2D eigenvalue weighted by Crippen LogP contribution is 2.26. The molecule has 2 aromatic rings. The van der Waals surface area contributed by atoms with Crippen molar-refractivity contribution in [2.75, 3.05) is 26.7 Å². The van der Waals surface area contributed by atoms with Crippen LogP contribution >= 0.6 is 0 Å². The Morgan fingerprint density at radius 2 is 2.04 bits per heavy atom. The van der Waals surface area contributed by atoms with E-state index in [4.69, 9.17) is 9.47 Å². The molecule has 3 rings (SSSR count). The molecular formula is C18H25N2O3+. The zero-order chi connectivity index (χ0) is 16.6. The molecule has 1 aliphatic rings. The number of carbonyl (C=O) groups excluding carboxylic acids is 1. The molecule has 0 unspecified atom stereocenters. The van der Waals surface area contributed by atoms with Gasteiger partial charge < -0.3 is 19.4 Å². The molecule has 5 heteroatoms. The third-order valence-corrected chi connectivity index (χ3v) is 4.50. The van der Waals surface area contributed by atoms with Crippen LogP contribution in [-0.4, -0.2) is 49.7 Å². The minimum atomic E-state index is 0.179. The highest BCUT2D eigenvalue weighted by atomic mass is 16.5. The number of methoxy groups -OCH3 is 1. The number of Topliss-reactive ketones (excluding diaryl/α,β-unsaturated/α-hetero) is 1. The maximum absolute atomic E-state index is 12.9. The summed E-state index contributed by atoms with van der Waals surface area (Å²) < 4.78 is 11.1. The molecule has 0 amide bonds. The third-order valence-electron chi connectivity index (χ3n) is 4.50. The van der Waals surface area contributed by atoms with Gasteiger partial charge in [0.2, 0.25) is 5.78 Å². The van der Waals surface area contributed by atoms with Crippen LogP contribution in [0.5, 0.6) is 5.75 Å². The van der Waals surface area contributed by atoms with Gasteiger partial charge in [0.15, 0.2) is 0 Å². The zero-order valence-electron chi connectivity index (χ0n) is 14.2. The van der Waals surface area contributed by atoms with E-state index in [1.165, 1.54) is 4.90 Å². The van der Waals surface area contributed by atoms with Crippen molar-refractivity contribution < 1.29 is 19.2 Å². The van der Waals surface area contributed by atoms with Gasteiger partial charge in [-0.25, -0.2) is 0 Å². The predicted molar refractivity (Wildman–Crippen MR) is 89.5 cm³/mol. The SMILES string of the molecule is COc1ccc2[nH]c(C)c(C(=O)C[NH+]3C[C@@H](C)O[C@H](C)C3)c2c1. The number of aryl methyl sites for hydroxylation is 1. The van der Waals surface area contributed by atoms with Crippen molar-refractivity contribution in [1.29, 1.82) is 0 Å². The summed E-state index contributed by atoms with van der Waals surface area (Å²) in [6.07, 6.45) is 0.399. The van der Waals surface area contributed by atoms with Crippen LogP contribution < -0.4 is 9.64 Å². The lowest BCUT2D eigenvalue weighted by molar-refractivity contribution is -0.906. The Bertz CT molecular complexity index is 712. The van der Waals surface area contributed by atoms with E-state index in [-0.39, 0.29) is 18.0 Å².